The second-order valence-electron chi connectivity index (χ2n) is 4.35. The van der Waals surface area contributed by atoms with Gasteiger partial charge in [0.15, 0.2) is 0 Å². The van der Waals surface area contributed by atoms with E-state index in [1.807, 2.05) is 0 Å². The molecule has 0 saturated carbocycles. The van der Waals surface area contributed by atoms with Crippen LogP contribution in [0, 0.1) is 0 Å². The van der Waals surface area contributed by atoms with Gasteiger partial charge in [-0.05, 0) is 18.2 Å². The Hall–Kier alpha value is -2.57. The average Bonchev–Trinajstić information content (AvgIpc) is 2.54. The van der Waals surface area contributed by atoms with E-state index in [2.05, 4.69) is 0 Å². The summed E-state index contributed by atoms with van der Waals surface area (Å²) in [7, 11) is 0. The summed E-state index contributed by atoms with van der Waals surface area (Å²) in [6.07, 6.45) is 0.165. The molecule has 7 nitrogen and oxygen atoms in total. The highest BCUT2D eigenvalue weighted by molar-refractivity contribution is 5.98. The number of primary amides is 1. The molecule has 1 heterocycles. The normalized spacial score (nSPS) is 14.2. The van der Waals surface area contributed by atoms with Gasteiger partial charge in [0.25, 0.3) is 0 Å². The predicted octanol–water partition coefficient (Wildman–Crippen LogP) is 0.376. The lowest BCUT2D eigenvalue weighted by molar-refractivity contribution is -0.119. The van der Waals surface area contributed by atoms with Gasteiger partial charge in [-0.3, -0.25) is 9.59 Å². The van der Waals surface area contributed by atoms with E-state index < -0.39 is 11.9 Å². The van der Waals surface area contributed by atoms with Crippen LogP contribution in [0.1, 0.15) is 23.2 Å². The molecule has 1 aliphatic heterocycles. The minimum Gasteiger partial charge on any atom is -0.491 e. The smallest absolute Gasteiger partial charge is 0.335 e. The van der Waals surface area contributed by atoms with Crippen LogP contribution in [-0.4, -0.2) is 36.0 Å². The first-order valence-corrected chi connectivity index (χ1v) is 6.08. The van der Waals surface area contributed by atoms with Gasteiger partial charge in [0.05, 0.1) is 24.3 Å². The van der Waals surface area contributed by atoms with Crippen molar-refractivity contribution in [2.75, 3.05) is 18.1 Å². The summed E-state index contributed by atoms with van der Waals surface area (Å²) in [6, 6.07) is 4.28. The molecule has 0 radical (unpaired) electrons. The summed E-state index contributed by atoms with van der Waals surface area (Å²) in [6.45, 7) is 0.318. The van der Waals surface area contributed by atoms with Crippen LogP contribution in [0.5, 0.6) is 5.75 Å². The summed E-state index contributed by atoms with van der Waals surface area (Å²) >= 11 is 0. The van der Waals surface area contributed by atoms with Gasteiger partial charge in [-0.2, -0.15) is 0 Å². The Bertz CT molecular complexity index is 570. The minimum absolute atomic E-state index is 0.00246. The first-order chi connectivity index (χ1) is 9.49. The van der Waals surface area contributed by atoms with Crippen LogP contribution in [-0.2, 0) is 9.59 Å². The Balaban J connectivity index is 2.40. The van der Waals surface area contributed by atoms with E-state index in [-0.39, 0.29) is 37.5 Å². The fourth-order valence-electron chi connectivity index (χ4n) is 1.97. The number of ether oxygens (including phenoxy) is 1. The van der Waals surface area contributed by atoms with Crippen molar-refractivity contribution in [2.24, 2.45) is 5.73 Å². The van der Waals surface area contributed by atoms with Gasteiger partial charge in [0.1, 0.15) is 5.75 Å². The van der Waals surface area contributed by atoms with Crippen molar-refractivity contribution in [2.45, 2.75) is 12.8 Å². The van der Waals surface area contributed by atoms with Crippen molar-refractivity contribution in [3.8, 4) is 5.75 Å². The predicted molar refractivity (Wildman–Crippen MR) is 69.7 cm³/mol. The highest BCUT2D eigenvalue weighted by Crippen LogP contribution is 2.32. The standard InChI is InChI=1S/C13H14N2O5/c14-11(16)3-5-15-9-7-8(13(18)19)1-2-10(9)20-6-4-12(15)17/h1-2,7H,3-6H2,(H2,14,16)(H,18,19). The molecule has 0 spiro atoms. The van der Waals surface area contributed by atoms with Gasteiger partial charge in [-0.1, -0.05) is 0 Å². The number of nitrogens with two attached hydrogens (primary N) is 1. The molecule has 0 aromatic heterocycles. The van der Waals surface area contributed by atoms with E-state index in [4.69, 9.17) is 15.6 Å². The summed E-state index contributed by atoms with van der Waals surface area (Å²) in [4.78, 5) is 35.3. The highest BCUT2D eigenvalue weighted by atomic mass is 16.5. The molecule has 1 aromatic carbocycles. The molecule has 106 valence electrons. The molecule has 20 heavy (non-hydrogen) atoms. The minimum atomic E-state index is -1.10. The zero-order valence-electron chi connectivity index (χ0n) is 10.7. The number of hydrogen-bond acceptors (Lipinski definition) is 4. The van der Waals surface area contributed by atoms with Gasteiger partial charge in [-0.15, -0.1) is 0 Å². The molecule has 1 aromatic rings. The fraction of sp³-hybridized carbons (Fsp3) is 0.308. The number of benzene rings is 1. The summed E-state index contributed by atoms with van der Waals surface area (Å²) in [5.41, 5.74) is 5.49. The first kappa shape index (κ1) is 13.9. The maximum atomic E-state index is 12.0. The highest BCUT2D eigenvalue weighted by Gasteiger charge is 2.24. The molecule has 0 bridgehead atoms. The number of fused-ring (bicyclic) bond motifs is 1. The number of aromatic carboxylic acids is 1. The van der Waals surface area contributed by atoms with Crippen molar-refractivity contribution < 1.29 is 24.2 Å². The van der Waals surface area contributed by atoms with E-state index >= 15 is 0 Å². The van der Waals surface area contributed by atoms with Crippen molar-refractivity contribution >= 4 is 23.5 Å². The number of anilines is 1. The molecule has 0 unspecified atom stereocenters. The quantitative estimate of drug-likeness (QED) is 0.827. The lowest BCUT2D eigenvalue weighted by Crippen LogP contribution is -2.33. The van der Waals surface area contributed by atoms with Gasteiger partial charge >= 0.3 is 5.97 Å². The van der Waals surface area contributed by atoms with Crippen molar-refractivity contribution in [1.82, 2.24) is 0 Å². The second-order valence-corrected chi connectivity index (χ2v) is 4.35. The Labute approximate surface area is 114 Å². The number of hydrogen-bond donors (Lipinski definition) is 2. The number of carboxylic acid groups (broad SMARTS) is 1. The van der Waals surface area contributed by atoms with Crippen LogP contribution in [0.2, 0.25) is 0 Å². The maximum absolute atomic E-state index is 12.0. The molecular formula is C13H14N2O5. The van der Waals surface area contributed by atoms with Crippen molar-refractivity contribution in [3.63, 3.8) is 0 Å². The molecule has 0 aliphatic carbocycles. The van der Waals surface area contributed by atoms with E-state index in [0.29, 0.717) is 11.4 Å². The van der Waals surface area contributed by atoms with Gasteiger partial charge in [0.2, 0.25) is 11.8 Å². The lowest BCUT2D eigenvalue weighted by atomic mass is 10.1. The van der Waals surface area contributed by atoms with Crippen LogP contribution < -0.4 is 15.4 Å². The Morgan fingerprint density at radius 3 is 2.80 bits per heavy atom. The van der Waals surface area contributed by atoms with Gasteiger partial charge in [-0.25, -0.2) is 4.79 Å². The molecule has 2 rings (SSSR count). The maximum Gasteiger partial charge on any atom is 0.335 e. The molecule has 0 fully saturated rings. The molecule has 0 atom stereocenters. The summed E-state index contributed by atoms with van der Waals surface area (Å²) in [5.74, 6) is -1.43. The van der Waals surface area contributed by atoms with Crippen LogP contribution in [0.25, 0.3) is 0 Å². The number of rotatable bonds is 4. The molecule has 0 saturated heterocycles. The fourth-order valence-corrected chi connectivity index (χ4v) is 1.97. The zero-order valence-corrected chi connectivity index (χ0v) is 10.7. The van der Waals surface area contributed by atoms with Crippen LogP contribution in [0.3, 0.4) is 0 Å². The van der Waals surface area contributed by atoms with Crippen LogP contribution in [0.4, 0.5) is 5.69 Å². The second kappa shape index (κ2) is 5.60. The zero-order chi connectivity index (χ0) is 14.7. The number of amides is 2. The molecule has 3 N–H and O–H groups in total. The van der Waals surface area contributed by atoms with Gasteiger partial charge in [0, 0.05) is 13.0 Å². The summed E-state index contributed by atoms with van der Waals surface area (Å²) in [5, 5.41) is 9.01. The molecule has 2 amide bonds. The Morgan fingerprint density at radius 1 is 1.40 bits per heavy atom. The van der Waals surface area contributed by atoms with E-state index in [1.54, 1.807) is 0 Å². The number of carbonyl (C=O) groups excluding carboxylic acids is 2. The third kappa shape index (κ3) is 2.87. The molecule has 1 aliphatic rings. The number of nitrogens with zero attached hydrogens (tertiary/aromatic N) is 1. The summed E-state index contributed by atoms with van der Waals surface area (Å²) < 4.78 is 5.42. The topological polar surface area (TPSA) is 110 Å². The van der Waals surface area contributed by atoms with E-state index in [1.165, 1.54) is 23.1 Å². The van der Waals surface area contributed by atoms with Crippen molar-refractivity contribution in [1.29, 1.82) is 0 Å². The third-order valence-electron chi connectivity index (χ3n) is 2.95. The van der Waals surface area contributed by atoms with Crippen LogP contribution in [0.15, 0.2) is 18.2 Å². The lowest BCUT2D eigenvalue weighted by Gasteiger charge is -2.21. The monoisotopic (exact) mass is 278 g/mol. The van der Waals surface area contributed by atoms with E-state index in [9.17, 15) is 14.4 Å². The average molecular weight is 278 g/mol. The largest absolute Gasteiger partial charge is 0.491 e. The Morgan fingerprint density at radius 2 is 2.15 bits per heavy atom. The number of carbonyl (C=O) groups is 3. The number of carboxylic acids is 1. The van der Waals surface area contributed by atoms with Gasteiger partial charge < -0.3 is 20.5 Å². The third-order valence-corrected chi connectivity index (χ3v) is 2.95. The molecule has 7 heteroatoms. The SMILES string of the molecule is NC(=O)CCN1C(=O)CCOc2ccc(C(=O)O)cc21. The first-order valence-electron chi connectivity index (χ1n) is 6.08. The van der Waals surface area contributed by atoms with E-state index in [0.717, 1.165) is 0 Å². The van der Waals surface area contributed by atoms with Crippen LogP contribution >= 0.6 is 0 Å². The van der Waals surface area contributed by atoms with Crippen molar-refractivity contribution in [3.05, 3.63) is 23.8 Å². The molecular weight excluding hydrogens is 264 g/mol. The Kier molecular flexibility index (Phi) is 3.88.